The summed E-state index contributed by atoms with van der Waals surface area (Å²) in [5.41, 5.74) is -1.23. The average molecular weight is 451 g/mol. The maximum absolute atomic E-state index is 13.3. The Morgan fingerprint density at radius 3 is 1.57 bits per heavy atom. The fourth-order valence-corrected chi connectivity index (χ4v) is 3.50. The van der Waals surface area contributed by atoms with Gasteiger partial charge in [-0.3, -0.25) is 24.0 Å². The van der Waals surface area contributed by atoms with E-state index in [-0.39, 0.29) is 32.5 Å². The van der Waals surface area contributed by atoms with Gasteiger partial charge in [-0.2, -0.15) is 0 Å². The number of fused-ring (bicyclic) bond motifs is 2. The van der Waals surface area contributed by atoms with Crippen molar-refractivity contribution in [2.75, 3.05) is 0 Å². The number of carbonyl (C=O) groups excluding carboxylic acids is 5. The molecule has 0 N–H and O–H groups in total. The Morgan fingerprint density at radius 2 is 1.10 bits per heavy atom. The molecule has 0 fully saturated rings. The number of rotatable bonds is 3. The number of halogens is 2. The lowest BCUT2D eigenvalue weighted by Gasteiger charge is -2.24. The van der Waals surface area contributed by atoms with E-state index >= 15 is 0 Å². The minimum Gasteiger partial charge on any atom is -0.426 e. The molecule has 30 heavy (non-hydrogen) atoms. The van der Waals surface area contributed by atoms with Crippen LogP contribution in [0.15, 0.2) is 18.2 Å². The Hall–Kier alpha value is -3.23. The summed E-state index contributed by atoms with van der Waals surface area (Å²) in [6.07, 6.45) is 0. The highest BCUT2D eigenvalue weighted by molar-refractivity contribution is 6.44. The summed E-state index contributed by atoms with van der Waals surface area (Å²) in [6.45, 7) is 3.20. The highest BCUT2D eigenvalue weighted by Gasteiger charge is 2.40. The molecule has 2 aromatic carbocycles. The van der Waals surface area contributed by atoms with Crippen LogP contribution in [0.1, 0.15) is 52.6 Å². The van der Waals surface area contributed by atoms with Gasteiger partial charge in [-0.05, 0) is 12.1 Å². The minimum atomic E-state index is -0.853. The van der Waals surface area contributed by atoms with Crippen LogP contribution in [0.2, 0.25) is 10.0 Å². The molecule has 0 aromatic heterocycles. The standard InChI is InChI=1S/C20H12Cl2O8/c1-7(23)28-12-6-13(29-8(2)24)20(30-9(3)25)17-16(12)18(26)14-10(21)4-5-11(22)15(14)19(17)27/h4-6H,1-3H3. The van der Waals surface area contributed by atoms with E-state index in [4.69, 9.17) is 37.4 Å². The Kier molecular flexibility index (Phi) is 5.65. The largest absolute Gasteiger partial charge is 0.426 e. The van der Waals surface area contributed by atoms with Crippen LogP contribution in [0, 0.1) is 0 Å². The van der Waals surface area contributed by atoms with Crippen molar-refractivity contribution in [3.63, 3.8) is 0 Å². The number of hydrogen-bond acceptors (Lipinski definition) is 8. The Bertz CT molecular complexity index is 1170. The van der Waals surface area contributed by atoms with Gasteiger partial charge in [0.2, 0.25) is 0 Å². The summed E-state index contributed by atoms with van der Waals surface area (Å²) >= 11 is 12.3. The SMILES string of the molecule is CC(=O)Oc1cc(OC(C)=O)c2c(c1OC(C)=O)C(=O)c1c(Cl)ccc(Cl)c1C2=O. The molecule has 1 aliphatic rings. The second kappa shape index (κ2) is 7.89. The first-order chi connectivity index (χ1) is 14.0. The van der Waals surface area contributed by atoms with E-state index in [2.05, 4.69) is 0 Å². The Labute approximate surface area is 179 Å². The first kappa shape index (κ1) is 21.5. The van der Waals surface area contributed by atoms with Crippen molar-refractivity contribution in [2.45, 2.75) is 20.8 Å². The van der Waals surface area contributed by atoms with Gasteiger partial charge in [0.15, 0.2) is 23.1 Å². The van der Waals surface area contributed by atoms with Gasteiger partial charge in [0.25, 0.3) is 0 Å². The molecule has 8 nitrogen and oxygen atoms in total. The highest BCUT2D eigenvalue weighted by Crippen LogP contribution is 2.47. The predicted octanol–water partition coefficient (Wildman–Crippen LogP) is 3.54. The number of esters is 3. The van der Waals surface area contributed by atoms with Gasteiger partial charge in [0, 0.05) is 26.8 Å². The predicted molar refractivity (Wildman–Crippen MR) is 104 cm³/mol. The summed E-state index contributed by atoms with van der Waals surface area (Å²) < 4.78 is 15.2. The topological polar surface area (TPSA) is 113 Å². The van der Waals surface area contributed by atoms with E-state index in [0.29, 0.717) is 0 Å². The molecule has 0 atom stereocenters. The van der Waals surface area contributed by atoms with Crippen molar-refractivity contribution in [2.24, 2.45) is 0 Å². The van der Waals surface area contributed by atoms with E-state index in [1.54, 1.807) is 0 Å². The number of ether oxygens (including phenoxy) is 3. The van der Waals surface area contributed by atoms with Gasteiger partial charge >= 0.3 is 17.9 Å². The summed E-state index contributed by atoms with van der Waals surface area (Å²) in [5, 5.41) is -0.121. The highest BCUT2D eigenvalue weighted by atomic mass is 35.5. The van der Waals surface area contributed by atoms with Crippen molar-refractivity contribution < 1.29 is 38.2 Å². The van der Waals surface area contributed by atoms with Gasteiger partial charge in [0.1, 0.15) is 5.75 Å². The molecule has 10 heteroatoms. The summed E-state index contributed by atoms with van der Waals surface area (Å²) in [4.78, 5) is 61.4. The van der Waals surface area contributed by atoms with E-state index in [1.165, 1.54) is 12.1 Å². The number of carbonyl (C=O) groups is 5. The van der Waals surface area contributed by atoms with Crippen molar-refractivity contribution in [3.05, 3.63) is 50.5 Å². The van der Waals surface area contributed by atoms with Gasteiger partial charge in [-0.15, -0.1) is 0 Å². The lowest BCUT2D eigenvalue weighted by atomic mass is 9.82. The number of benzene rings is 2. The molecule has 0 bridgehead atoms. The van der Waals surface area contributed by atoms with Crippen LogP contribution in [0.3, 0.4) is 0 Å². The van der Waals surface area contributed by atoms with Crippen LogP contribution in [-0.2, 0) is 14.4 Å². The van der Waals surface area contributed by atoms with E-state index in [1.807, 2.05) is 0 Å². The Morgan fingerprint density at radius 1 is 0.667 bits per heavy atom. The zero-order chi connectivity index (χ0) is 22.3. The second-order valence-electron chi connectivity index (χ2n) is 6.17. The van der Waals surface area contributed by atoms with Crippen molar-refractivity contribution in [1.29, 1.82) is 0 Å². The van der Waals surface area contributed by atoms with Crippen LogP contribution in [0.25, 0.3) is 0 Å². The van der Waals surface area contributed by atoms with Gasteiger partial charge < -0.3 is 14.2 Å². The molecule has 1 aliphatic carbocycles. The van der Waals surface area contributed by atoms with Gasteiger partial charge in [-0.25, -0.2) is 0 Å². The van der Waals surface area contributed by atoms with Crippen LogP contribution in [0.4, 0.5) is 0 Å². The molecule has 0 spiro atoms. The molecule has 0 saturated carbocycles. The van der Waals surface area contributed by atoms with E-state index in [9.17, 15) is 24.0 Å². The third-order valence-electron chi connectivity index (χ3n) is 3.97. The molecular weight excluding hydrogens is 439 g/mol. The maximum Gasteiger partial charge on any atom is 0.308 e. The molecule has 0 radical (unpaired) electrons. The first-order valence-corrected chi connectivity index (χ1v) is 9.12. The molecule has 154 valence electrons. The molecule has 3 rings (SSSR count). The normalized spacial score (nSPS) is 12.0. The lowest BCUT2D eigenvalue weighted by Crippen LogP contribution is -2.25. The molecule has 0 unspecified atom stereocenters. The average Bonchev–Trinajstić information content (AvgIpc) is 2.62. The zero-order valence-corrected chi connectivity index (χ0v) is 17.3. The second-order valence-corrected chi connectivity index (χ2v) is 6.98. The molecular formula is C20H12Cl2O8. The molecule has 2 aromatic rings. The van der Waals surface area contributed by atoms with Crippen LogP contribution in [-0.4, -0.2) is 29.5 Å². The van der Waals surface area contributed by atoms with Gasteiger partial charge in [0.05, 0.1) is 32.3 Å². The zero-order valence-electron chi connectivity index (χ0n) is 15.8. The van der Waals surface area contributed by atoms with Crippen molar-refractivity contribution in [1.82, 2.24) is 0 Å². The summed E-state index contributed by atoms with van der Waals surface area (Å²) in [5.74, 6) is -5.34. The minimum absolute atomic E-state index is 0.0507. The lowest BCUT2D eigenvalue weighted by molar-refractivity contribution is -0.134. The summed E-state index contributed by atoms with van der Waals surface area (Å²) in [6, 6.07) is 3.67. The molecule has 0 amide bonds. The third kappa shape index (κ3) is 3.67. The number of ketones is 2. The monoisotopic (exact) mass is 450 g/mol. The molecule has 0 heterocycles. The quantitative estimate of drug-likeness (QED) is 0.439. The van der Waals surface area contributed by atoms with Gasteiger partial charge in [-0.1, -0.05) is 23.2 Å². The third-order valence-corrected chi connectivity index (χ3v) is 4.60. The van der Waals surface area contributed by atoms with E-state index in [0.717, 1.165) is 26.8 Å². The van der Waals surface area contributed by atoms with Crippen LogP contribution >= 0.6 is 23.2 Å². The number of hydrogen-bond donors (Lipinski definition) is 0. The molecule has 0 aliphatic heterocycles. The maximum atomic E-state index is 13.3. The van der Waals surface area contributed by atoms with Crippen LogP contribution in [0.5, 0.6) is 17.2 Å². The van der Waals surface area contributed by atoms with Crippen molar-refractivity contribution in [3.8, 4) is 17.2 Å². The van der Waals surface area contributed by atoms with E-state index < -0.39 is 46.5 Å². The fourth-order valence-electron chi connectivity index (χ4n) is 3.02. The molecule has 0 saturated heterocycles. The first-order valence-electron chi connectivity index (χ1n) is 8.36. The fraction of sp³-hybridized carbons (Fsp3) is 0.150. The van der Waals surface area contributed by atoms with Crippen LogP contribution < -0.4 is 14.2 Å². The van der Waals surface area contributed by atoms with Crippen molar-refractivity contribution >= 4 is 52.7 Å². The smallest absolute Gasteiger partial charge is 0.308 e. The summed E-state index contributed by atoms with van der Waals surface area (Å²) in [7, 11) is 0. The Balaban J connectivity index is 2.45.